The molecule has 1 amide bonds. The fraction of sp³-hybridized carbons (Fsp3) is 0.0667. The summed E-state index contributed by atoms with van der Waals surface area (Å²) in [6.45, 7) is 1.26. The maximum Gasteiger partial charge on any atom is 0.308 e. The second-order valence-corrected chi connectivity index (χ2v) is 5.07. The fourth-order valence-corrected chi connectivity index (χ4v) is 2.05. The Labute approximate surface area is 131 Å². The van der Waals surface area contributed by atoms with Crippen molar-refractivity contribution in [3.63, 3.8) is 0 Å². The molecule has 4 nitrogen and oxygen atoms in total. The first-order valence-electron chi connectivity index (χ1n) is 6.00. The van der Waals surface area contributed by atoms with Gasteiger partial charge in [0, 0.05) is 22.7 Å². The summed E-state index contributed by atoms with van der Waals surface area (Å²) in [7, 11) is 0. The van der Waals surface area contributed by atoms with Gasteiger partial charge in [0.2, 0.25) is 0 Å². The second-order valence-electron chi connectivity index (χ2n) is 4.20. The van der Waals surface area contributed by atoms with E-state index in [1.54, 1.807) is 24.3 Å². The maximum absolute atomic E-state index is 12.3. The summed E-state index contributed by atoms with van der Waals surface area (Å²) < 4.78 is 5.00. The number of anilines is 1. The Kier molecular flexibility index (Phi) is 4.83. The van der Waals surface area contributed by atoms with Gasteiger partial charge in [0.15, 0.2) is 0 Å². The largest absolute Gasteiger partial charge is 0.426 e. The molecule has 2 rings (SSSR count). The lowest BCUT2D eigenvalue weighted by atomic mass is 10.2. The van der Waals surface area contributed by atoms with Crippen LogP contribution in [0.4, 0.5) is 5.69 Å². The van der Waals surface area contributed by atoms with Crippen LogP contribution in [-0.4, -0.2) is 11.9 Å². The molecule has 2 aromatic carbocycles. The first kappa shape index (κ1) is 15.4. The molecule has 1 N–H and O–H groups in total. The number of hydrogen-bond donors (Lipinski definition) is 1. The topological polar surface area (TPSA) is 55.4 Å². The molecule has 2 aromatic rings. The fourth-order valence-electron chi connectivity index (χ4n) is 1.69. The van der Waals surface area contributed by atoms with Crippen molar-refractivity contribution in [3.8, 4) is 5.75 Å². The first-order valence-corrected chi connectivity index (χ1v) is 6.76. The lowest BCUT2D eigenvalue weighted by molar-refractivity contribution is -0.131. The zero-order chi connectivity index (χ0) is 15.4. The van der Waals surface area contributed by atoms with Crippen LogP contribution < -0.4 is 10.1 Å². The highest BCUT2D eigenvalue weighted by molar-refractivity contribution is 6.31. The third kappa shape index (κ3) is 4.21. The summed E-state index contributed by atoms with van der Waals surface area (Å²) in [4.78, 5) is 23.3. The summed E-state index contributed by atoms with van der Waals surface area (Å²) in [5.74, 6) is -0.823. The van der Waals surface area contributed by atoms with Crippen molar-refractivity contribution < 1.29 is 14.3 Å². The van der Waals surface area contributed by atoms with Gasteiger partial charge in [0.25, 0.3) is 5.91 Å². The molecule has 0 fully saturated rings. The number of amides is 1. The predicted molar refractivity (Wildman–Crippen MR) is 82.2 cm³/mol. The smallest absolute Gasteiger partial charge is 0.308 e. The molecule has 0 heterocycles. The van der Waals surface area contributed by atoms with E-state index in [-0.39, 0.29) is 11.3 Å². The van der Waals surface area contributed by atoms with Gasteiger partial charge in [-0.25, -0.2) is 0 Å². The molecule has 108 valence electrons. The van der Waals surface area contributed by atoms with E-state index in [1.807, 2.05) is 0 Å². The van der Waals surface area contributed by atoms with Crippen LogP contribution in [0.15, 0.2) is 42.5 Å². The Bertz CT molecular complexity index is 701. The Morgan fingerprint density at radius 2 is 1.76 bits per heavy atom. The number of ether oxygens (including phenoxy) is 1. The molecular weight excluding hydrogens is 313 g/mol. The van der Waals surface area contributed by atoms with Crippen molar-refractivity contribution in [1.29, 1.82) is 0 Å². The minimum absolute atomic E-state index is 0.145. The molecule has 0 bridgehead atoms. The van der Waals surface area contributed by atoms with Crippen molar-refractivity contribution in [2.75, 3.05) is 5.32 Å². The molecule has 6 heteroatoms. The molecule has 21 heavy (non-hydrogen) atoms. The lowest BCUT2D eigenvalue weighted by Gasteiger charge is -2.10. The second kappa shape index (κ2) is 6.61. The van der Waals surface area contributed by atoms with Crippen LogP contribution in [0.5, 0.6) is 5.75 Å². The minimum Gasteiger partial charge on any atom is -0.426 e. The summed E-state index contributed by atoms with van der Waals surface area (Å²) in [5, 5.41) is 3.53. The van der Waals surface area contributed by atoms with E-state index in [1.165, 1.54) is 25.1 Å². The standard InChI is InChI=1S/C15H11Cl2NO3/c1-9(19)21-14-6-5-11(17)8-13(14)15(20)18-12-4-2-3-10(16)7-12/h2-8H,1H3,(H,18,20). The van der Waals surface area contributed by atoms with E-state index in [0.717, 1.165) is 0 Å². The van der Waals surface area contributed by atoms with Crippen LogP contribution in [0.25, 0.3) is 0 Å². The van der Waals surface area contributed by atoms with Crippen LogP contribution in [0, 0.1) is 0 Å². The number of halogens is 2. The van der Waals surface area contributed by atoms with Gasteiger partial charge in [0.1, 0.15) is 5.75 Å². The van der Waals surface area contributed by atoms with Gasteiger partial charge in [-0.15, -0.1) is 0 Å². The van der Waals surface area contributed by atoms with Crippen LogP contribution in [0.2, 0.25) is 10.0 Å². The molecule has 0 saturated carbocycles. The Morgan fingerprint density at radius 1 is 1.05 bits per heavy atom. The predicted octanol–water partition coefficient (Wildman–Crippen LogP) is 4.17. The molecule has 0 saturated heterocycles. The van der Waals surface area contributed by atoms with E-state index in [9.17, 15) is 9.59 Å². The molecule has 0 aliphatic carbocycles. The number of esters is 1. The third-order valence-electron chi connectivity index (χ3n) is 2.52. The van der Waals surface area contributed by atoms with Gasteiger partial charge < -0.3 is 10.1 Å². The molecule has 0 aliphatic heterocycles. The van der Waals surface area contributed by atoms with Crippen molar-refractivity contribution in [2.45, 2.75) is 6.92 Å². The van der Waals surface area contributed by atoms with Crippen LogP contribution in [0.3, 0.4) is 0 Å². The van der Waals surface area contributed by atoms with E-state index < -0.39 is 11.9 Å². The quantitative estimate of drug-likeness (QED) is 0.681. The lowest BCUT2D eigenvalue weighted by Crippen LogP contribution is -2.15. The zero-order valence-corrected chi connectivity index (χ0v) is 12.5. The van der Waals surface area contributed by atoms with Gasteiger partial charge in [-0.1, -0.05) is 29.3 Å². The highest BCUT2D eigenvalue weighted by atomic mass is 35.5. The average molecular weight is 324 g/mol. The summed E-state index contributed by atoms with van der Waals surface area (Å²) in [6.07, 6.45) is 0. The van der Waals surface area contributed by atoms with Gasteiger partial charge >= 0.3 is 5.97 Å². The Hall–Kier alpha value is -2.04. The monoisotopic (exact) mass is 323 g/mol. The number of rotatable bonds is 3. The number of carbonyl (C=O) groups excluding carboxylic acids is 2. The molecule has 0 unspecified atom stereocenters. The first-order chi connectivity index (χ1) is 9.95. The molecule has 0 atom stereocenters. The van der Waals surface area contributed by atoms with Crippen LogP contribution in [0.1, 0.15) is 17.3 Å². The van der Waals surface area contributed by atoms with Gasteiger partial charge in [-0.05, 0) is 36.4 Å². The van der Waals surface area contributed by atoms with Gasteiger partial charge in [0.05, 0.1) is 5.56 Å². The van der Waals surface area contributed by atoms with Crippen molar-refractivity contribution >= 4 is 40.8 Å². The maximum atomic E-state index is 12.3. The summed E-state index contributed by atoms with van der Waals surface area (Å²) in [5.41, 5.74) is 0.693. The summed E-state index contributed by atoms with van der Waals surface area (Å²) in [6, 6.07) is 11.1. The Morgan fingerprint density at radius 3 is 2.43 bits per heavy atom. The molecular formula is C15H11Cl2NO3. The van der Waals surface area contributed by atoms with E-state index in [0.29, 0.717) is 15.7 Å². The Balaban J connectivity index is 2.29. The highest BCUT2D eigenvalue weighted by Crippen LogP contribution is 2.25. The molecule has 0 spiro atoms. The average Bonchev–Trinajstić information content (AvgIpc) is 2.40. The number of nitrogens with one attached hydrogen (secondary N) is 1. The van der Waals surface area contributed by atoms with Gasteiger partial charge in [-0.3, -0.25) is 9.59 Å². The minimum atomic E-state index is -0.519. The van der Waals surface area contributed by atoms with Crippen molar-refractivity contribution in [3.05, 3.63) is 58.1 Å². The number of carbonyl (C=O) groups is 2. The van der Waals surface area contributed by atoms with E-state index in [2.05, 4.69) is 5.32 Å². The highest BCUT2D eigenvalue weighted by Gasteiger charge is 2.15. The molecule has 0 aliphatic rings. The van der Waals surface area contributed by atoms with Crippen molar-refractivity contribution in [2.24, 2.45) is 0 Å². The van der Waals surface area contributed by atoms with Crippen LogP contribution >= 0.6 is 23.2 Å². The molecule has 0 aromatic heterocycles. The summed E-state index contributed by atoms with van der Waals surface area (Å²) >= 11 is 11.7. The van der Waals surface area contributed by atoms with Crippen LogP contribution in [-0.2, 0) is 4.79 Å². The third-order valence-corrected chi connectivity index (χ3v) is 2.99. The molecule has 0 radical (unpaired) electrons. The zero-order valence-electron chi connectivity index (χ0n) is 11.0. The number of hydrogen-bond acceptors (Lipinski definition) is 3. The van der Waals surface area contributed by atoms with E-state index in [4.69, 9.17) is 27.9 Å². The SMILES string of the molecule is CC(=O)Oc1ccc(Cl)cc1C(=O)Nc1cccc(Cl)c1. The van der Waals surface area contributed by atoms with E-state index >= 15 is 0 Å². The normalized spacial score (nSPS) is 10.0. The van der Waals surface area contributed by atoms with Gasteiger partial charge in [-0.2, -0.15) is 0 Å². The number of benzene rings is 2. The van der Waals surface area contributed by atoms with Crippen molar-refractivity contribution in [1.82, 2.24) is 0 Å².